The van der Waals surface area contributed by atoms with Gasteiger partial charge in [-0.25, -0.2) is 0 Å². The molecular weight excluding hydrogens is 184 g/mol. The van der Waals surface area contributed by atoms with E-state index in [4.69, 9.17) is 16.3 Å². The van der Waals surface area contributed by atoms with Gasteiger partial charge in [0.05, 0.1) is 6.61 Å². The van der Waals surface area contributed by atoms with E-state index in [1.54, 1.807) is 0 Å². The van der Waals surface area contributed by atoms with Gasteiger partial charge in [-0.1, -0.05) is 25.1 Å². The van der Waals surface area contributed by atoms with E-state index in [9.17, 15) is 0 Å². The summed E-state index contributed by atoms with van der Waals surface area (Å²) in [7, 11) is 0. The van der Waals surface area contributed by atoms with Crippen molar-refractivity contribution in [3.63, 3.8) is 0 Å². The zero-order chi connectivity index (χ0) is 9.26. The molecule has 2 heteroatoms. The van der Waals surface area contributed by atoms with Gasteiger partial charge in [-0.2, -0.15) is 0 Å². The molecule has 0 fully saturated rings. The van der Waals surface area contributed by atoms with E-state index < -0.39 is 0 Å². The van der Waals surface area contributed by atoms with E-state index in [0.717, 1.165) is 12.4 Å². The number of hydrogen-bond acceptors (Lipinski definition) is 1. The minimum absolute atomic E-state index is 0.451. The first-order chi connectivity index (χ1) is 6.33. The molecule has 0 amide bonds. The Morgan fingerprint density at radius 2 is 2.23 bits per heavy atom. The molecule has 1 aliphatic rings. The lowest BCUT2D eigenvalue weighted by molar-refractivity contribution is 0.212. The second kappa shape index (κ2) is 3.59. The molecule has 2 unspecified atom stereocenters. The SMILES string of the molecule is CC1COc2ccccc2C1CCl. The van der Waals surface area contributed by atoms with Crippen LogP contribution in [0.15, 0.2) is 24.3 Å². The normalized spacial score (nSPS) is 26.3. The van der Waals surface area contributed by atoms with Crippen molar-refractivity contribution in [2.24, 2.45) is 5.92 Å². The van der Waals surface area contributed by atoms with Crippen LogP contribution in [0.25, 0.3) is 0 Å². The zero-order valence-electron chi connectivity index (χ0n) is 7.66. The van der Waals surface area contributed by atoms with Gasteiger partial charge in [0.1, 0.15) is 5.75 Å². The second-order valence-corrected chi connectivity index (χ2v) is 3.90. The quantitative estimate of drug-likeness (QED) is 0.628. The van der Waals surface area contributed by atoms with Crippen molar-refractivity contribution in [3.8, 4) is 5.75 Å². The molecule has 2 atom stereocenters. The number of halogens is 1. The van der Waals surface area contributed by atoms with Crippen LogP contribution in [0.5, 0.6) is 5.75 Å². The Kier molecular flexibility index (Phi) is 2.45. The number of rotatable bonds is 1. The highest BCUT2D eigenvalue weighted by Crippen LogP contribution is 2.37. The summed E-state index contributed by atoms with van der Waals surface area (Å²) in [5, 5.41) is 0. The molecule has 0 saturated carbocycles. The first kappa shape index (κ1) is 8.89. The van der Waals surface area contributed by atoms with Gasteiger partial charge >= 0.3 is 0 Å². The lowest BCUT2D eigenvalue weighted by Gasteiger charge is -2.29. The lowest BCUT2D eigenvalue weighted by Crippen LogP contribution is -2.24. The Bertz CT molecular complexity index is 298. The molecule has 1 aliphatic heterocycles. The number of fused-ring (bicyclic) bond motifs is 1. The summed E-state index contributed by atoms with van der Waals surface area (Å²) >= 11 is 5.95. The predicted molar refractivity (Wildman–Crippen MR) is 54.6 cm³/mol. The fourth-order valence-electron chi connectivity index (χ4n) is 1.80. The van der Waals surface area contributed by atoms with Crippen molar-refractivity contribution < 1.29 is 4.74 Å². The van der Waals surface area contributed by atoms with Gasteiger partial charge in [0.25, 0.3) is 0 Å². The van der Waals surface area contributed by atoms with Gasteiger partial charge in [0.15, 0.2) is 0 Å². The molecule has 0 saturated heterocycles. The molecule has 1 aromatic rings. The average Bonchev–Trinajstić information content (AvgIpc) is 2.18. The van der Waals surface area contributed by atoms with Crippen LogP contribution in [0.3, 0.4) is 0 Å². The Hall–Kier alpha value is -0.690. The largest absolute Gasteiger partial charge is 0.493 e. The van der Waals surface area contributed by atoms with E-state index in [1.807, 2.05) is 18.2 Å². The number of benzene rings is 1. The second-order valence-electron chi connectivity index (χ2n) is 3.59. The van der Waals surface area contributed by atoms with Gasteiger partial charge in [-0.05, 0) is 17.5 Å². The summed E-state index contributed by atoms with van der Waals surface area (Å²) < 4.78 is 5.61. The number of para-hydroxylation sites is 1. The van der Waals surface area contributed by atoms with Crippen molar-refractivity contribution in [2.45, 2.75) is 12.8 Å². The van der Waals surface area contributed by atoms with Gasteiger partial charge in [-0.3, -0.25) is 0 Å². The van der Waals surface area contributed by atoms with Crippen LogP contribution in [0, 0.1) is 5.92 Å². The van der Waals surface area contributed by atoms with Crippen molar-refractivity contribution in [1.82, 2.24) is 0 Å². The molecule has 0 aromatic heterocycles. The number of ether oxygens (including phenoxy) is 1. The maximum atomic E-state index is 5.95. The standard InChI is InChI=1S/C11H13ClO/c1-8-7-13-11-5-3-2-4-9(11)10(8)6-12/h2-5,8,10H,6-7H2,1H3. The van der Waals surface area contributed by atoms with Crippen LogP contribution >= 0.6 is 11.6 Å². The van der Waals surface area contributed by atoms with Crippen molar-refractivity contribution >= 4 is 11.6 Å². The number of hydrogen-bond donors (Lipinski definition) is 0. The maximum absolute atomic E-state index is 5.95. The summed E-state index contributed by atoms with van der Waals surface area (Å²) in [6.07, 6.45) is 0. The first-order valence-electron chi connectivity index (χ1n) is 4.60. The summed E-state index contributed by atoms with van der Waals surface area (Å²) in [5.74, 6) is 2.66. The highest BCUT2D eigenvalue weighted by atomic mass is 35.5. The maximum Gasteiger partial charge on any atom is 0.122 e. The van der Waals surface area contributed by atoms with Crippen molar-refractivity contribution in [2.75, 3.05) is 12.5 Å². The van der Waals surface area contributed by atoms with Gasteiger partial charge in [-0.15, -0.1) is 11.6 Å². The Balaban J connectivity index is 2.39. The molecule has 1 heterocycles. The van der Waals surface area contributed by atoms with E-state index in [-0.39, 0.29) is 0 Å². The van der Waals surface area contributed by atoms with Crippen molar-refractivity contribution in [1.29, 1.82) is 0 Å². The van der Waals surface area contributed by atoms with E-state index in [0.29, 0.717) is 17.7 Å². The Labute approximate surface area is 83.7 Å². The van der Waals surface area contributed by atoms with E-state index in [2.05, 4.69) is 13.0 Å². The molecule has 1 nitrogen and oxygen atoms in total. The topological polar surface area (TPSA) is 9.23 Å². The minimum atomic E-state index is 0.451. The molecule has 1 aromatic carbocycles. The highest BCUT2D eigenvalue weighted by molar-refractivity contribution is 6.18. The highest BCUT2D eigenvalue weighted by Gasteiger charge is 2.26. The molecule has 0 bridgehead atoms. The first-order valence-corrected chi connectivity index (χ1v) is 5.14. The number of alkyl halides is 1. The fraction of sp³-hybridized carbons (Fsp3) is 0.455. The van der Waals surface area contributed by atoms with Crippen LogP contribution < -0.4 is 4.74 Å². The summed E-state index contributed by atoms with van der Waals surface area (Å²) in [5.41, 5.74) is 1.26. The molecule has 0 spiro atoms. The molecule has 0 radical (unpaired) electrons. The third-order valence-corrected chi connectivity index (χ3v) is 3.01. The predicted octanol–water partition coefficient (Wildman–Crippen LogP) is 3.04. The van der Waals surface area contributed by atoms with E-state index >= 15 is 0 Å². The smallest absolute Gasteiger partial charge is 0.122 e. The van der Waals surface area contributed by atoms with Crippen LogP contribution in [-0.2, 0) is 0 Å². The molecule has 70 valence electrons. The fourth-order valence-corrected chi connectivity index (χ4v) is 2.27. The third-order valence-electron chi connectivity index (χ3n) is 2.67. The third kappa shape index (κ3) is 1.53. The Morgan fingerprint density at radius 1 is 1.46 bits per heavy atom. The summed E-state index contributed by atoms with van der Waals surface area (Å²) in [4.78, 5) is 0. The molecule has 13 heavy (non-hydrogen) atoms. The van der Waals surface area contributed by atoms with Gasteiger partial charge in [0, 0.05) is 11.8 Å². The average molecular weight is 197 g/mol. The van der Waals surface area contributed by atoms with Gasteiger partial charge < -0.3 is 4.74 Å². The van der Waals surface area contributed by atoms with Gasteiger partial charge in [0.2, 0.25) is 0 Å². The van der Waals surface area contributed by atoms with Crippen LogP contribution in [0.4, 0.5) is 0 Å². The van der Waals surface area contributed by atoms with E-state index in [1.165, 1.54) is 5.56 Å². The molecular formula is C11H13ClO. The Morgan fingerprint density at radius 3 is 3.00 bits per heavy atom. The monoisotopic (exact) mass is 196 g/mol. The zero-order valence-corrected chi connectivity index (χ0v) is 8.42. The van der Waals surface area contributed by atoms with Crippen LogP contribution in [0.1, 0.15) is 18.4 Å². The summed E-state index contributed by atoms with van der Waals surface area (Å²) in [6, 6.07) is 8.17. The minimum Gasteiger partial charge on any atom is -0.493 e. The molecule has 2 rings (SSSR count). The van der Waals surface area contributed by atoms with Crippen LogP contribution in [-0.4, -0.2) is 12.5 Å². The van der Waals surface area contributed by atoms with Crippen molar-refractivity contribution in [3.05, 3.63) is 29.8 Å². The molecule has 0 N–H and O–H groups in total. The molecule has 0 aliphatic carbocycles. The summed E-state index contributed by atoms with van der Waals surface area (Å²) in [6.45, 7) is 2.97. The van der Waals surface area contributed by atoms with Crippen LogP contribution in [0.2, 0.25) is 0 Å². The lowest BCUT2D eigenvalue weighted by atomic mass is 9.87.